The van der Waals surface area contributed by atoms with Gasteiger partial charge in [0.25, 0.3) is 0 Å². The summed E-state index contributed by atoms with van der Waals surface area (Å²) in [5, 5.41) is 2.00. The van der Waals surface area contributed by atoms with Crippen LogP contribution in [0.2, 0.25) is 0 Å². The highest BCUT2D eigenvalue weighted by Gasteiger charge is 2.19. The number of amides is 1. The number of thiophene rings is 1. The van der Waals surface area contributed by atoms with E-state index >= 15 is 0 Å². The molecule has 1 aliphatic heterocycles. The van der Waals surface area contributed by atoms with Crippen LogP contribution in [0.15, 0.2) is 36.1 Å². The molecule has 0 fully saturated rings. The lowest BCUT2D eigenvalue weighted by Crippen LogP contribution is -2.35. The SMILES string of the molecule is O=C(/C=C/c1cccs1)N1CCc2ncncc2C1. The Morgan fingerprint density at radius 2 is 2.42 bits per heavy atom. The second kappa shape index (κ2) is 5.32. The maximum absolute atomic E-state index is 12.1. The van der Waals surface area contributed by atoms with E-state index in [1.807, 2.05) is 28.5 Å². The van der Waals surface area contributed by atoms with E-state index in [1.165, 1.54) is 0 Å². The Morgan fingerprint density at radius 3 is 3.26 bits per heavy atom. The Labute approximate surface area is 115 Å². The molecule has 2 aromatic heterocycles. The number of hydrogen-bond donors (Lipinski definition) is 0. The van der Waals surface area contributed by atoms with E-state index in [1.54, 1.807) is 29.9 Å². The molecule has 5 heteroatoms. The van der Waals surface area contributed by atoms with Crippen molar-refractivity contribution in [3.8, 4) is 0 Å². The molecule has 3 rings (SSSR count). The van der Waals surface area contributed by atoms with Crippen molar-refractivity contribution in [2.24, 2.45) is 0 Å². The van der Waals surface area contributed by atoms with Crippen LogP contribution in [-0.4, -0.2) is 27.3 Å². The van der Waals surface area contributed by atoms with E-state index < -0.39 is 0 Å². The molecule has 0 spiro atoms. The molecule has 0 N–H and O–H groups in total. The van der Waals surface area contributed by atoms with Gasteiger partial charge in [0.2, 0.25) is 5.91 Å². The monoisotopic (exact) mass is 271 g/mol. The summed E-state index contributed by atoms with van der Waals surface area (Å²) in [6.07, 6.45) is 7.67. The molecule has 0 aliphatic carbocycles. The summed E-state index contributed by atoms with van der Waals surface area (Å²) in [6, 6.07) is 3.97. The van der Waals surface area contributed by atoms with Crippen LogP contribution in [0.4, 0.5) is 0 Å². The van der Waals surface area contributed by atoms with Crippen molar-refractivity contribution in [1.82, 2.24) is 14.9 Å². The van der Waals surface area contributed by atoms with Crippen LogP contribution < -0.4 is 0 Å². The minimum absolute atomic E-state index is 0.0444. The Kier molecular flexibility index (Phi) is 3.37. The van der Waals surface area contributed by atoms with Crippen LogP contribution in [-0.2, 0) is 17.8 Å². The fourth-order valence-corrected chi connectivity index (χ4v) is 2.72. The predicted molar refractivity (Wildman–Crippen MR) is 74.5 cm³/mol. The van der Waals surface area contributed by atoms with Gasteiger partial charge in [0.05, 0.1) is 5.69 Å². The molecule has 0 bridgehead atoms. The van der Waals surface area contributed by atoms with Gasteiger partial charge in [-0.3, -0.25) is 4.79 Å². The Balaban J connectivity index is 1.69. The Bertz CT molecular complexity index is 607. The zero-order chi connectivity index (χ0) is 13.1. The van der Waals surface area contributed by atoms with E-state index in [9.17, 15) is 4.79 Å². The molecule has 0 radical (unpaired) electrons. The molecule has 0 atom stereocenters. The highest BCUT2D eigenvalue weighted by molar-refractivity contribution is 7.10. The number of hydrogen-bond acceptors (Lipinski definition) is 4. The summed E-state index contributed by atoms with van der Waals surface area (Å²) in [5.74, 6) is 0.0444. The third kappa shape index (κ3) is 2.71. The summed E-state index contributed by atoms with van der Waals surface area (Å²) in [5.41, 5.74) is 2.10. The molecule has 96 valence electrons. The second-order valence-corrected chi connectivity index (χ2v) is 5.33. The van der Waals surface area contributed by atoms with Crippen molar-refractivity contribution in [2.45, 2.75) is 13.0 Å². The lowest BCUT2D eigenvalue weighted by Gasteiger charge is -2.26. The van der Waals surface area contributed by atoms with Crippen LogP contribution in [0.1, 0.15) is 16.1 Å². The first-order valence-electron chi connectivity index (χ1n) is 6.11. The van der Waals surface area contributed by atoms with Crippen LogP contribution in [0.3, 0.4) is 0 Å². The van der Waals surface area contributed by atoms with Crippen LogP contribution in [0.25, 0.3) is 6.08 Å². The summed E-state index contributed by atoms with van der Waals surface area (Å²) in [4.78, 5) is 23.3. The number of fused-ring (bicyclic) bond motifs is 1. The molecule has 3 heterocycles. The second-order valence-electron chi connectivity index (χ2n) is 4.35. The van der Waals surface area contributed by atoms with Gasteiger partial charge in [-0.25, -0.2) is 9.97 Å². The van der Waals surface area contributed by atoms with Gasteiger partial charge < -0.3 is 4.90 Å². The van der Waals surface area contributed by atoms with Crippen molar-refractivity contribution in [3.63, 3.8) is 0 Å². The molecule has 1 amide bonds. The maximum Gasteiger partial charge on any atom is 0.246 e. The highest BCUT2D eigenvalue weighted by atomic mass is 32.1. The number of rotatable bonds is 2. The summed E-state index contributed by atoms with van der Waals surface area (Å²) in [6.45, 7) is 1.32. The van der Waals surface area contributed by atoms with Crippen molar-refractivity contribution in [2.75, 3.05) is 6.54 Å². The quantitative estimate of drug-likeness (QED) is 0.786. The Morgan fingerprint density at radius 1 is 1.47 bits per heavy atom. The molecule has 19 heavy (non-hydrogen) atoms. The average molecular weight is 271 g/mol. The van der Waals surface area contributed by atoms with Gasteiger partial charge in [0.1, 0.15) is 6.33 Å². The van der Waals surface area contributed by atoms with Gasteiger partial charge >= 0.3 is 0 Å². The molecule has 1 aliphatic rings. The average Bonchev–Trinajstić information content (AvgIpc) is 2.97. The van der Waals surface area contributed by atoms with E-state index in [0.29, 0.717) is 6.54 Å². The largest absolute Gasteiger partial charge is 0.334 e. The van der Waals surface area contributed by atoms with Crippen molar-refractivity contribution >= 4 is 23.3 Å². The van der Waals surface area contributed by atoms with Crippen molar-refractivity contribution in [1.29, 1.82) is 0 Å². The van der Waals surface area contributed by atoms with E-state index in [-0.39, 0.29) is 5.91 Å². The normalized spacial score (nSPS) is 14.6. The van der Waals surface area contributed by atoms with Crippen LogP contribution in [0, 0.1) is 0 Å². The molecule has 0 unspecified atom stereocenters. The topological polar surface area (TPSA) is 46.1 Å². The van der Waals surface area contributed by atoms with Crippen molar-refractivity contribution in [3.05, 3.63) is 52.2 Å². The maximum atomic E-state index is 12.1. The van der Waals surface area contributed by atoms with Gasteiger partial charge in [0.15, 0.2) is 0 Å². The van der Waals surface area contributed by atoms with E-state index in [0.717, 1.165) is 29.1 Å². The fourth-order valence-electron chi connectivity index (χ4n) is 2.10. The summed E-state index contributed by atoms with van der Waals surface area (Å²) in [7, 11) is 0. The molecule has 2 aromatic rings. The van der Waals surface area contributed by atoms with Gasteiger partial charge in [-0.2, -0.15) is 0 Å². The lowest BCUT2D eigenvalue weighted by molar-refractivity contribution is -0.126. The molecule has 4 nitrogen and oxygen atoms in total. The fraction of sp³-hybridized carbons (Fsp3) is 0.214. The van der Waals surface area contributed by atoms with Gasteiger partial charge in [0, 0.05) is 42.2 Å². The first-order chi connectivity index (χ1) is 9.33. The predicted octanol–water partition coefficient (Wildman–Crippen LogP) is 2.14. The first kappa shape index (κ1) is 12.0. The summed E-state index contributed by atoms with van der Waals surface area (Å²) < 4.78 is 0. The third-order valence-electron chi connectivity index (χ3n) is 3.11. The van der Waals surface area contributed by atoms with Crippen LogP contribution >= 0.6 is 11.3 Å². The Hall–Kier alpha value is -2.01. The highest BCUT2D eigenvalue weighted by Crippen LogP contribution is 2.16. The molecular formula is C14H13N3OS. The number of aromatic nitrogens is 2. The van der Waals surface area contributed by atoms with Crippen molar-refractivity contribution < 1.29 is 4.79 Å². The standard InChI is InChI=1S/C14H13N3OS/c18-14(4-3-12-2-1-7-19-12)17-6-5-13-11(9-17)8-15-10-16-13/h1-4,7-8,10H,5-6,9H2/b4-3+. The minimum Gasteiger partial charge on any atom is -0.334 e. The van der Waals surface area contributed by atoms with Gasteiger partial charge in [-0.15, -0.1) is 11.3 Å². The first-order valence-corrected chi connectivity index (χ1v) is 6.99. The number of nitrogens with zero attached hydrogens (tertiary/aromatic N) is 3. The zero-order valence-corrected chi connectivity index (χ0v) is 11.1. The van der Waals surface area contributed by atoms with E-state index in [4.69, 9.17) is 0 Å². The number of carbonyl (C=O) groups is 1. The third-order valence-corrected chi connectivity index (χ3v) is 3.94. The smallest absolute Gasteiger partial charge is 0.246 e. The number of carbonyl (C=O) groups excluding carboxylic acids is 1. The summed E-state index contributed by atoms with van der Waals surface area (Å²) >= 11 is 1.62. The van der Waals surface area contributed by atoms with Gasteiger partial charge in [-0.1, -0.05) is 6.07 Å². The zero-order valence-electron chi connectivity index (χ0n) is 10.3. The van der Waals surface area contributed by atoms with Gasteiger partial charge in [-0.05, 0) is 17.5 Å². The molecule has 0 aromatic carbocycles. The van der Waals surface area contributed by atoms with Crippen LogP contribution in [0.5, 0.6) is 0 Å². The van der Waals surface area contributed by atoms with E-state index in [2.05, 4.69) is 9.97 Å². The molecule has 0 saturated carbocycles. The minimum atomic E-state index is 0.0444. The molecule has 0 saturated heterocycles. The molecular weight excluding hydrogens is 258 g/mol. The lowest BCUT2D eigenvalue weighted by atomic mass is 10.1.